The Morgan fingerprint density at radius 2 is 1.48 bits per heavy atom. The molecule has 3 aliphatic rings. The van der Waals surface area contributed by atoms with Crippen molar-refractivity contribution in [1.29, 1.82) is 0 Å². The molecule has 112 valence electrons. The number of carbonyl (C=O) groups excluding carboxylic acids is 2. The standard InChI is InChI=1S/C17H22N2O2/c20-16-14-8-2-3-9-15(14)17(21)19(16)13-7-6-12-18-10-4-1-5-11-18/h2-3,14-15H,1,4-5,8-13H2. The Balaban J connectivity index is 1.53. The van der Waals surface area contributed by atoms with Crippen LogP contribution in [-0.2, 0) is 9.59 Å². The summed E-state index contributed by atoms with van der Waals surface area (Å²) in [5, 5.41) is 0. The quantitative estimate of drug-likeness (QED) is 0.438. The van der Waals surface area contributed by atoms with Crippen molar-refractivity contribution in [2.24, 2.45) is 11.8 Å². The first-order valence-corrected chi connectivity index (χ1v) is 7.95. The first kappa shape index (κ1) is 14.3. The zero-order chi connectivity index (χ0) is 14.7. The van der Waals surface area contributed by atoms with Crippen LogP contribution in [0, 0.1) is 23.7 Å². The molecule has 2 amide bonds. The molecule has 0 aromatic rings. The number of fused-ring (bicyclic) bond motifs is 1. The van der Waals surface area contributed by atoms with Crippen LogP contribution in [0.4, 0.5) is 0 Å². The maximum absolute atomic E-state index is 12.2. The van der Waals surface area contributed by atoms with Gasteiger partial charge in [-0.05, 0) is 38.8 Å². The highest BCUT2D eigenvalue weighted by atomic mass is 16.2. The molecule has 2 heterocycles. The minimum Gasteiger partial charge on any atom is -0.292 e. The van der Waals surface area contributed by atoms with E-state index in [9.17, 15) is 9.59 Å². The molecule has 2 saturated heterocycles. The van der Waals surface area contributed by atoms with E-state index in [4.69, 9.17) is 0 Å². The van der Waals surface area contributed by atoms with Crippen LogP contribution in [0.2, 0.25) is 0 Å². The molecule has 2 fully saturated rings. The molecule has 2 aliphatic heterocycles. The molecule has 21 heavy (non-hydrogen) atoms. The van der Waals surface area contributed by atoms with Crippen molar-refractivity contribution in [1.82, 2.24) is 9.80 Å². The van der Waals surface area contributed by atoms with Crippen LogP contribution in [0.25, 0.3) is 0 Å². The number of carbonyl (C=O) groups is 2. The molecule has 0 saturated carbocycles. The first-order valence-electron chi connectivity index (χ1n) is 7.95. The maximum atomic E-state index is 12.2. The molecule has 2 atom stereocenters. The van der Waals surface area contributed by atoms with Gasteiger partial charge >= 0.3 is 0 Å². The van der Waals surface area contributed by atoms with Gasteiger partial charge in [0.1, 0.15) is 0 Å². The molecule has 0 N–H and O–H groups in total. The summed E-state index contributed by atoms with van der Waals surface area (Å²) >= 11 is 0. The fourth-order valence-electron chi connectivity index (χ4n) is 3.44. The Hall–Kier alpha value is -1.60. The van der Waals surface area contributed by atoms with Crippen molar-refractivity contribution in [2.45, 2.75) is 32.1 Å². The second-order valence-electron chi connectivity index (χ2n) is 6.11. The van der Waals surface area contributed by atoms with E-state index in [1.165, 1.54) is 24.2 Å². The molecular formula is C17H22N2O2. The van der Waals surface area contributed by atoms with Crippen molar-refractivity contribution in [3.63, 3.8) is 0 Å². The molecule has 4 heteroatoms. The first-order chi connectivity index (χ1) is 10.3. The van der Waals surface area contributed by atoms with Crippen molar-refractivity contribution in [2.75, 3.05) is 26.2 Å². The topological polar surface area (TPSA) is 40.6 Å². The van der Waals surface area contributed by atoms with Gasteiger partial charge in [-0.1, -0.05) is 30.4 Å². The molecule has 0 radical (unpaired) electrons. The number of piperidine rings is 1. The molecular weight excluding hydrogens is 264 g/mol. The molecule has 1 aliphatic carbocycles. The molecule has 0 aromatic heterocycles. The number of nitrogens with zero attached hydrogens (tertiary/aromatic N) is 2. The van der Waals surface area contributed by atoms with Crippen LogP contribution in [0.3, 0.4) is 0 Å². The van der Waals surface area contributed by atoms with E-state index in [1.54, 1.807) is 0 Å². The predicted molar refractivity (Wildman–Crippen MR) is 80.1 cm³/mol. The minimum atomic E-state index is -0.133. The van der Waals surface area contributed by atoms with Crippen LogP contribution < -0.4 is 0 Å². The van der Waals surface area contributed by atoms with Crippen LogP contribution in [0.15, 0.2) is 12.2 Å². The highest BCUT2D eigenvalue weighted by Crippen LogP contribution is 2.34. The number of imide groups is 1. The number of hydrogen-bond donors (Lipinski definition) is 0. The van der Waals surface area contributed by atoms with E-state index in [-0.39, 0.29) is 30.2 Å². The van der Waals surface area contributed by atoms with E-state index >= 15 is 0 Å². The minimum absolute atomic E-state index is 0.0263. The highest BCUT2D eigenvalue weighted by Gasteiger charge is 2.46. The van der Waals surface area contributed by atoms with Gasteiger partial charge in [-0.15, -0.1) is 0 Å². The van der Waals surface area contributed by atoms with Gasteiger partial charge in [0.05, 0.1) is 24.9 Å². The second kappa shape index (κ2) is 6.44. The Bertz CT molecular complexity index is 483. The summed E-state index contributed by atoms with van der Waals surface area (Å²) in [4.78, 5) is 28.2. The van der Waals surface area contributed by atoms with Crippen molar-refractivity contribution in [3.05, 3.63) is 12.2 Å². The maximum Gasteiger partial charge on any atom is 0.234 e. The lowest BCUT2D eigenvalue weighted by molar-refractivity contribution is -0.139. The largest absolute Gasteiger partial charge is 0.292 e. The summed E-state index contributed by atoms with van der Waals surface area (Å²) in [6.07, 6.45) is 9.25. The third-order valence-electron chi connectivity index (χ3n) is 4.71. The van der Waals surface area contributed by atoms with Gasteiger partial charge in [0.15, 0.2) is 0 Å². The van der Waals surface area contributed by atoms with Crippen LogP contribution in [-0.4, -0.2) is 47.8 Å². The predicted octanol–water partition coefficient (Wildman–Crippen LogP) is 1.43. The van der Waals surface area contributed by atoms with Crippen LogP contribution in [0.5, 0.6) is 0 Å². The van der Waals surface area contributed by atoms with E-state index in [1.807, 2.05) is 12.2 Å². The zero-order valence-electron chi connectivity index (χ0n) is 12.4. The van der Waals surface area contributed by atoms with Gasteiger partial charge in [0.25, 0.3) is 0 Å². The number of amides is 2. The third-order valence-corrected chi connectivity index (χ3v) is 4.71. The van der Waals surface area contributed by atoms with Crippen LogP contribution in [0.1, 0.15) is 32.1 Å². The number of hydrogen-bond acceptors (Lipinski definition) is 3. The highest BCUT2D eigenvalue weighted by molar-refractivity contribution is 6.05. The third kappa shape index (κ3) is 3.03. The monoisotopic (exact) mass is 286 g/mol. The second-order valence-corrected chi connectivity index (χ2v) is 6.11. The van der Waals surface area contributed by atoms with Gasteiger partial charge in [-0.2, -0.15) is 0 Å². The molecule has 4 nitrogen and oxygen atoms in total. The van der Waals surface area contributed by atoms with Gasteiger partial charge in [0.2, 0.25) is 11.8 Å². The Morgan fingerprint density at radius 1 is 0.905 bits per heavy atom. The van der Waals surface area contributed by atoms with Gasteiger partial charge in [-0.3, -0.25) is 19.4 Å². The summed E-state index contributed by atoms with van der Waals surface area (Å²) in [6.45, 7) is 3.25. The van der Waals surface area contributed by atoms with Gasteiger partial charge < -0.3 is 0 Å². The average Bonchev–Trinajstić information content (AvgIpc) is 2.77. The molecule has 2 unspecified atom stereocenters. The molecule has 0 spiro atoms. The fraction of sp³-hybridized carbons (Fsp3) is 0.647. The van der Waals surface area contributed by atoms with E-state index in [0.29, 0.717) is 12.8 Å². The summed E-state index contributed by atoms with van der Waals surface area (Å²) in [5.41, 5.74) is 0. The lowest BCUT2D eigenvalue weighted by Crippen LogP contribution is -2.32. The van der Waals surface area contributed by atoms with E-state index < -0.39 is 0 Å². The van der Waals surface area contributed by atoms with E-state index in [2.05, 4.69) is 16.7 Å². The number of allylic oxidation sites excluding steroid dienone is 2. The average molecular weight is 286 g/mol. The Kier molecular flexibility index (Phi) is 4.40. The van der Waals surface area contributed by atoms with Gasteiger partial charge in [0, 0.05) is 0 Å². The molecule has 3 rings (SSSR count). The Morgan fingerprint density at radius 3 is 2.10 bits per heavy atom. The molecule has 0 aromatic carbocycles. The normalized spacial score (nSPS) is 29.2. The lowest BCUT2D eigenvalue weighted by Gasteiger charge is -2.23. The van der Waals surface area contributed by atoms with E-state index in [0.717, 1.165) is 19.6 Å². The summed E-state index contributed by atoms with van der Waals surface area (Å²) in [5.74, 6) is 5.82. The van der Waals surface area contributed by atoms with Crippen molar-refractivity contribution >= 4 is 11.8 Å². The number of likely N-dealkylation sites (tertiary alicyclic amines) is 2. The summed E-state index contributed by atoms with van der Waals surface area (Å²) in [6, 6.07) is 0. The zero-order valence-corrected chi connectivity index (χ0v) is 12.4. The fourth-order valence-corrected chi connectivity index (χ4v) is 3.44. The number of rotatable bonds is 2. The summed E-state index contributed by atoms with van der Waals surface area (Å²) in [7, 11) is 0. The van der Waals surface area contributed by atoms with Crippen molar-refractivity contribution < 1.29 is 9.59 Å². The SMILES string of the molecule is O=C1C2CC=CCC2C(=O)N1CC#CCN1CCCCC1. The smallest absolute Gasteiger partial charge is 0.234 e. The summed E-state index contributed by atoms with van der Waals surface area (Å²) < 4.78 is 0. The van der Waals surface area contributed by atoms with Crippen molar-refractivity contribution in [3.8, 4) is 11.8 Å². The Labute approximate surface area is 126 Å². The van der Waals surface area contributed by atoms with Crippen LogP contribution >= 0.6 is 0 Å². The van der Waals surface area contributed by atoms with Gasteiger partial charge in [-0.25, -0.2) is 0 Å². The molecule has 0 bridgehead atoms. The lowest BCUT2D eigenvalue weighted by atomic mass is 9.85.